The lowest BCUT2D eigenvalue weighted by Crippen LogP contribution is -2.31. The number of hydrogen-bond acceptors (Lipinski definition) is 5. The summed E-state index contributed by atoms with van der Waals surface area (Å²) in [4.78, 5) is 13.8. The maximum atomic E-state index is 10.3. The maximum Gasteiger partial charge on any atom is 0.234 e. The smallest absolute Gasteiger partial charge is 0.234 e. The van der Waals surface area contributed by atoms with Crippen LogP contribution in [0.4, 0.5) is 0 Å². The van der Waals surface area contributed by atoms with Gasteiger partial charge >= 0.3 is 0 Å². The van der Waals surface area contributed by atoms with Crippen LogP contribution >= 0.6 is 0 Å². The number of quaternary nitrogens is 1. The van der Waals surface area contributed by atoms with Crippen LogP contribution in [0.2, 0.25) is 0 Å². The zero-order valence-electron chi connectivity index (χ0n) is 11.6. The molecule has 0 aromatic carbocycles. The van der Waals surface area contributed by atoms with Crippen molar-refractivity contribution < 1.29 is 14.5 Å². The van der Waals surface area contributed by atoms with E-state index in [0.717, 1.165) is 0 Å². The molecule has 0 atom stereocenters. The zero-order chi connectivity index (χ0) is 13.8. The summed E-state index contributed by atoms with van der Waals surface area (Å²) in [5.41, 5.74) is 0. The Morgan fingerprint density at radius 2 is 1.50 bits per heavy atom. The minimum atomic E-state index is -0.127. The quantitative estimate of drug-likeness (QED) is 0.201. The van der Waals surface area contributed by atoms with E-state index in [-0.39, 0.29) is 5.90 Å². The Bertz CT molecular complexity index is 219. The summed E-state index contributed by atoms with van der Waals surface area (Å²) in [6, 6.07) is 0. The van der Waals surface area contributed by atoms with E-state index in [0.29, 0.717) is 4.59 Å². The molecule has 0 spiro atoms. The van der Waals surface area contributed by atoms with E-state index in [1.165, 1.54) is 20.1 Å². The molecule has 0 radical (unpaired) electrons. The molecule has 6 nitrogen and oxygen atoms in total. The Morgan fingerprint density at radius 1 is 1.25 bits per heavy atom. The van der Waals surface area contributed by atoms with Gasteiger partial charge in [-0.1, -0.05) is 0 Å². The van der Waals surface area contributed by atoms with Crippen molar-refractivity contribution in [1.82, 2.24) is 4.90 Å². The fourth-order valence-electron chi connectivity index (χ4n) is 0.422. The van der Waals surface area contributed by atoms with Crippen LogP contribution < -0.4 is 5.11 Å². The molecule has 0 aliphatic heterocycles. The zero-order valence-corrected chi connectivity index (χ0v) is 11.6. The molecule has 0 aromatic heterocycles. The van der Waals surface area contributed by atoms with Gasteiger partial charge in [-0.15, -0.1) is 5.10 Å². The van der Waals surface area contributed by atoms with E-state index < -0.39 is 0 Å². The van der Waals surface area contributed by atoms with Crippen LogP contribution in [-0.4, -0.2) is 70.8 Å². The van der Waals surface area contributed by atoms with Crippen LogP contribution in [0.1, 0.15) is 6.92 Å². The van der Waals surface area contributed by atoms with Crippen LogP contribution in [-0.2, 0) is 4.79 Å². The van der Waals surface area contributed by atoms with Crippen molar-refractivity contribution in [3.63, 3.8) is 0 Å². The Kier molecular flexibility index (Phi) is 15.0. The highest BCUT2D eigenvalue weighted by Crippen LogP contribution is 1.88. The predicted molar refractivity (Wildman–Crippen MR) is 64.8 cm³/mol. The summed E-state index contributed by atoms with van der Waals surface area (Å²) in [6.45, 7) is 1.45. The highest BCUT2D eigenvalue weighted by Gasteiger charge is 1.99. The molecule has 0 saturated heterocycles. The SMILES string of the molecule is CC([O-])=N[N+](C)(C)C.CN(C)C.CN=C=O. The lowest BCUT2D eigenvalue weighted by Gasteiger charge is -2.17. The number of carbonyl (C=O) groups excluding carboxylic acids is 1. The molecule has 0 aromatic rings. The Morgan fingerprint density at radius 3 is 1.50 bits per heavy atom. The van der Waals surface area contributed by atoms with Crippen LogP contribution in [0.25, 0.3) is 0 Å². The first-order valence-corrected chi connectivity index (χ1v) is 4.69. The molecular formula is C10H24N4O2. The molecule has 96 valence electrons. The number of isocyanates is 1. The van der Waals surface area contributed by atoms with Gasteiger partial charge in [0, 0.05) is 12.9 Å². The average Bonchev–Trinajstić information content (AvgIpc) is 1.99. The number of nitrogens with zero attached hydrogens (tertiary/aromatic N) is 4. The first-order valence-electron chi connectivity index (χ1n) is 4.69. The van der Waals surface area contributed by atoms with Gasteiger partial charge in [0.15, 0.2) is 0 Å². The van der Waals surface area contributed by atoms with Crippen LogP contribution in [0.3, 0.4) is 0 Å². The third-order valence-electron chi connectivity index (χ3n) is 0.532. The number of aliphatic imine (C=N–C) groups is 1. The van der Waals surface area contributed by atoms with Crippen molar-refractivity contribution in [2.45, 2.75) is 6.92 Å². The largest absolute Gasteiger partial charge is 0.858 e. The molecule has 0 N–H and O–H groups in total. The standard InChI is InChI=1S/C5H12N2O.C3H9N.C2H3NO/c1-5(8)6-7(2,3)4;1-4(2)3;1-3-2-4/h1-4H3;1-3H3;1H3. The lowest BCUT2D eigenvalue weighted by molar-refractivity contribution is -0.878. The van der Waals surface area contributed by atoms with E-state index >= 15 is 0 Å². The number of rotatable bonds is 1. The van der Waals surface area contributed by atoms with Crippen molar-refractivity contribution in [3.8, 4) is 0 Å². The van der Waals surface area contributed by atoms with Crippen LogP contribution in [0.5, 0.6) is 0 Å². The van der Waals surface area contributed by atoms with Crippen molar-refractivity contribution in [2.75, 3.05) is 49.3 Å². The molecule has 16 heavy (non-hydrogen) atoms. The molecule has 0 aliphatic carbocycles. The van der Waals surface area contributed by atoms with Crippen molar-refractivity contribution in [3.05, 3.63) is 0 Å². The third kappa shape index (κ3) is 77.8. The summed E-state index contributed by atoms with van der Waals surface area (Å²) in [6.07, 6.45) is 1.31. The average molecular weight is 232 g/mol. The minimum Gasteiger partial charge on any atom is -0.858 e. The highest BCUT2D eigenvalue weighted by atomic mass is 16.3. The fraction of sp³-hybridized carbons (Fsp3) is 0.800. The third-order valence-corrected chi connectivity index (χ3v) is 0.532. The topological polar surface area (TPSA) is 68.1 Å². The summed E-state index contributed by atoms with van der Waals surface area (Å²) in [5, 5.41) is 14.0. The van der Waals surface area contributed by atoms with E-state index in [1.54, 1.807) is 0 Å². The number of hydrogen-bond donors (Lipinski definition) is 0. The molecular weight excluding hydrogens is 208 g/mol. The second-order valence-corrected chi connectivity index (χ2v) is 4.22. The minimum absolute atomic E-state index is 0.127. The summed E-state index contributed by atoms with van der Waals surface area (Å²) in [7, 11) is 12.9. The van der Waals surface area contributed by atoms with Crippen molar-refractivity contribution in [1.29, 1.82) is 0 Å². The molecule has 0 heterocycles. The molecule has 0 unspecified atom stereocenters. The van der Waals surface area contributed by atoms with Crippen molar-refractivity contribution >= 4 is 12.0 Å². The van der Waals surface area contributed by atoms with Gasteiger partial charge < -0.3 is 10.0 Å². The highest BCUT2D eigenvalue weighted by molar-refractivity contribution is 5.67. The molecule has 0 saturated carbocycles. The van der Waals surface area contributed by atoms with Crippen LogP contribution in [0, 0.1) is 0 Å². The van der Waals surface area contributed by atoms with E-state index in [9.17, 15) is 5.11 Å². The van der Waals surface area contributed by atoms with E-state index in [1.807, 2.05) is 47.2 Å². The van der Waals surface area contributed by atoms with Gasteiger partial charge in [0.05, 0.1) is 21.1 Å². The van der Waals surface area contributed by atoms with Crippen LogP contribution in [0.15, 0.2) is 10.1 Å². The van der Waals surface area contributed by atoms with Gasteiger partial charge in [-0.05, 0) is 28.1 Å². The molecule has 0 rings (SSSR count). The predicted octanol–water partition coefficient (Wildman–Crippen LogP) is -0.484. The molecule has 0 bridgehead atoms. The van der Waals surface area contributed by atoms with Gasteiger partial charge in [-0.2, -0.15) is 0 Å². The first-order chi connectivity index (χ1) is 7.06. The Hall–Kier alpha value is -1.23. The lowest BCUT2D eigenvalue weighted by atomic mass is 10.8. The molecule has 6 heteroatoms. The van der Waals surface area contributed by atoms with Crippen molar-refractivity contribution in [2.24, 2.45) is 10.1 Å². The molecule has 0 amide bonds. The first kappa shape index (κ1) is 20.2. The van der Waals surface area contributed by atoms with E-state index in [2.05, 4.69) is 10.1 Å². The monoisotopic (exact) mass is 232 g/mol. The van der Waals surface area contributed by atoms with Gasteiger partial charge in [-0.3, -0.25) is 0 Å². The van der Waals surface area contributed by atoms with Gasteiger partial charge in [0.25, 0.3) is 0 Å². The van der Waals surface area contributed by atoms with Gasteiger partial charge in [0.1, 0.15) is 0 Å². The fourth-order valence-corrected chi connectivity index (χ4v) is 0.422. The Balaban J connectivity index is -0.000000179. The summed E-state index contributed by atoms with van der Waals surface area (Å²) < 4.78 is 0.356. The second kappa shape index (κ2) is 11.8. The van der Waals surface area contributed by atoms with Gasteiger partial charge in [0.2, 0.25) is 6.08 Å². The Labute approximate surface area is 98.5 Å². The second-order valence-electron chi connectivity index (χ2n) is 4.22. The van der Waals surface area contributed by atoms with E-state index in [4.69, 9.17) is 4.79 Å². The molecule has 0 fully saturated rings. The summed E-state index contributed by atoms with van der Waals surface area (Å²) in [5.74, 6) is -0.127. The maximum absolute atomic E-state index is 10.3. The molecule has 0 aliphatic rings. The summed E-state index contributed by atoms with van der Waals surface area (Å²) >= 11 is 0. The normalized spacial score (nSPS) is 10.4. The van der Waals surface area contributed by atoms with Gasteiger partial charge in [-0.25, -0.2) is 14.4 Å².